The van der Waals surface area contributed by atoms with E-state index in [-0.39, 0.29) is 16.1 Å². The van der Waals surface area contributed by atoms with Crippen LogP contribution in [-0.4, -0.2) is 12.0 Å². The summed E-state index contributed by atoms with van der Waals surface area (Å²) in [5.74, 6) is 0.714. The molecule has 5 nitrogen and oxygen atoms in total. The second kappa shape index (κ2) is 6.46. The van der Waals surface area contributed by atoms with Crippen LogP contribution in [0.3, 0.4) is 0 Å². The smallest absolute Gasteiger partial charge is 0.311 e. The number of ether oxygens (including phenoxy) is 1. The molecule has 23 heavy (non-hydrogen) atoms. The normalized spacial score (nSPS) is 11.2. The van der Waals surface area contributed by atoms with Crippen LogP contribution in [0.25, 0.3) is 0 Å². The minimum Gasteiger partial charge on any atom is -0.497 e. The molecule has 0 atom stereocenters. The molecule has 0 unspecified atom stereocenters. The molecule has 0 radical (unpaired) electrons. The standard InChI is InChI=1S/C17H19ClN2O3/c1-17(2,3)11-9-14(18)16(20(21)22)15(10-11)19-12-5-7-13(23-4)8-6-12/h5-10,19H,1-4H3. The van der Waals surface area contributed by atoms with Gasteiger partial charge in [0, 0.05) is 5.69 Å². The summed E-state index contributed by atoms with van der Waals surface area (Å²) >= 11 is 6.15. The summed E-state index contributed by atoms with van der Waals surface area (Å²) in [4.78, 5) is 10.9. The summed E-state index contributed by atoms with van der Waals surface area (Å²) < 4.78 is 5.11. The maximum Gasteiger partial charge on any atom is 0.311 e. The third-order valence-electron chi connectivity index (χ3n) is 3.48. The third-order valence-corrected chi connectivity index (χ3v) is 3.77. The van der Waals surface area contributed by atoms with Gasteiger partial charge >= 0.3 is 5.69 Å². The largest absolute Gasteiger partial charge is 0.497 e. The van der Waals surface area contributed by atoms with E-state index in [1.54, 1.807) is 43.5 Å². The van der Waals surface area contributed by atoms with Crippen molar-refractivity contribution in [1.29, 1.82) is 0 Å². The molecule has 0 aliphatic heterocycles. The number of hydrogen-bond donors (Lipinski definition) is 1. The van der Waals surface area contributed by atoms with Gasteiger partial charge in [-0.2, -0.15) is 0 Å². The van der Waals surface area contributed by atoms with Gasteiger partial charge in [-0.25, -0.2) is 0 Å². The number of benzene rings is 2. The van der Waals surface area contributed by atoms with E-state index < -0.39 is 4.92 Å². The first-order valence-electron chi connectivity index (χ1n) is 7.12. The highest BCUT2D eigenvalue weighted by Crippen LogP contribution is 2.39. The molecule has 0 amide bonds. The van der Waals surface area contributed by atoms with Crippen molar-refractivity contribution in [1.82, 2.24) is 0 Å². The van der Waals surface area contributed by atoms with Crippen LogP contribution in [-0.2, 0) is 5.41 Å². The van der Waals surface area contributed by atoms with Crippen molar-refractivity contribution in [3.05, 3.63) is 57.1 Å². The van der Waals surface area contributed by atoms with Crippen molar-refractivity contribution in [3.63, 3.8) is 0 Å². The van der Waals surface area contributed by atoms with E-state index in [1.165, 1.54) is 0 Å². The van der Waals surface area contributed by atoms with Crippen molar-refractivity contribution in [2.75, 3.05) is 12.4 Å². The van der Waals surface area contributed by atoms with Gasteiger partial charge in [0.1, 0.15) is 16.5 Å². The van der Waals surface area contributed by atoms with Crippen molar-refractivity contribution in [2.45, 2.75) is 26.2 Å². The Kier molecular flexibility index (Phi) is 4.80. The third kappa shape index (κ3) is 3.93. The second-order valence-electron chi connectivity index (χ2n) is 6.21. The van der Waals surface area contributed by atoms with E-state index in [0.29, 0.717) is 11.4 Å². The molecule has 2 aromatic carbocycles. The van der Waals surface area contributed by atoms with Crippen LogP contribution in [0.1, 0.15) is 26.3 Å². The highest BCUT2D eigenvalue weighted by molar-refractivity contribution is 6.33. The molecule has 0 aliphatic rings. The molecule has 0 bridgehead atoms. The number of anilines is 2. The fraction of sp³-hybridized carbons (Fsp3) is 0.294. The molecule has 0 heterocycles. The molecule has 0 fully saturated rings. The van der Waals surface area contributed by atoms with Crippen molar-refractivity contribution < 1.29 is 9.66 Å². The lowest BCUT2D eigenvalue weighted by molar-refractivity contribution is -0.383. The van der Waals surface area contributed by atoms with Gasteiger partial charge in [0.15, 0.2) is 0 Å². The Labute approximate surface area is 140 Å². The minimum absolute atomic E-state index is 0.124. The summed E-state index contributed by atoms with van der Waals surface area (Å²) in [6.07, 6.45) is 0. The van der Waals surface area contributed by atoms with Crippen molar-refractivity contribution >= 4 is 28.7 Å². The number of rotatable bonds is 4. The van der Waals surface area contributed by atoms with Gasteiger partial charge in [0.05, 0.1) is 12.0 Å². The Morgan fingerprint density at radius 3 is 2.26 bits per heavy atom. The molecule has 6 heteroatoms. The molecule has 0 aliphatic carbocycles. The van der Waals surface area contributed by atoms with Crippen molar-refractivity contribution in [3.8, 4) is 5.75 Å². The highest BCUT2D eigenvalue weighted by Gasteiger charge is 2.24. The molecule has 0 saturated carbocycles. The van der Waals surface area contributed by atoms with Crippen LogP contribution in [0.2, 0.25) is 5.02 Å². The van der Waals surface area contributed by atoms with Gasteiger partial charge in [-0.1, -0.05) is 32.4 Å². The van der Waals surface area contributed by atoms with Gasteiger partial charge in [0.25, 0.3) is 0 Å². The summed E-state index contributed by atoms with van der Waals surface area (Å²) in [6.45, 7) is 6.09. The average molecular weight is 335 g/mol. The number of nitrogens with one attached hydrogen (secondary N) is 1. The van der Waals surface area contributed by atoms with Crippen LogP contribution in [0.15, 0.2) is 36.4 Å². The maximum atomic E-state index is 11.4. The SMILES string of the molecule is COc1ccc(Nc2cc(C(C)(C)C)cc(Cl)c2[N+](=O)[O-])cc1. The Bertz CT molecular complexity index is 722. The lowest BCUT2D eigenvalue weighted by Gasteiger charge is -2.21. The molecular weight excluding hydrogens is 316 g/mol. The Hall–Kier alpha value is -2.27. The number of hydrogen-bond acceptors (Lipinski definition) is 4. The van der Waals surface area contributed by atoms with Crippen LogP contribution < -0.4 is 10.1 Å². The molecule has 2 rings (SSSR count). The van der Waals surface area contributed by atoms with E-state index in [0.717, 1.165) is 11.3 Å². The first kappa shape index (κ1) is 17.1. The minimum atomic E-state index is -0.472. The summed E-state index contributed by atoms with van der Waals surface area (Å²) in [6, 6.07) is 10.6. The van der Waals surface area contributed by atoms with Gasteiger partial charge in [0.2, 0.25) is 0 Å². The highest BCUT2D eigenvalue weighted by atomic mass is 35.5. The van der Waals surface area contributed by atoms with Crippen LogP contribution in [0, 0.1) is 10.1 Å². The van der Waals surface area contributed by atoms with Crippen LogP contribution in [0.5, 0.6) is 5.75 Å². The number of nitrogens with zero attached hydrogens (tertiary/aromatic N) is 1. The molecule has 0 spiro atoms. The van der Waals surface area contributed by atoms with Crippen molar-refractivity contribution in [2.24, 2.45) is 0 Å². The topological polar surface area (TPSA) is 64.4 Å². The van der Waals surface area contributed by atoms with E-state index in [9.17, 15) is 10.1 Å². The average Bonchev–Trinajstić information content (AvgIpc) is 2.46. The zero-order valence-corrected chi connectivity index (χ0v) is 14.3. The first-order chi connectivity index (χ1) is 10.7. The quantitative estimate of drug-likeness (QED) is 0.608. The Morgan fingerprint density at radius 2 is 1.78 bits per heavy atom. The summed E-state index contributed by atoms with van der Waals surface area (Å²) in [5.41, 5.74) is 1.71. The number of methoxy groups -OCH3 is 1. The lowest BCUT2D eigenvalue weighted by Crippen LogP contribution is -2.12. The lowest BCUT2D eigenvalue weighted by atomic mass is 9.86. The molecule has 2 aromatic rings. The predicted molar refractivity (Wildman–Crippen MR) is 93.1 cm³/mol. The molecule has 1 N–H and O–H groups in total. The predicted octanol–water partition coefficient (Wildman–Crippen LogP) is 5.30. The Morgan fingerprint density at radius 1 is 1.17 bits per heavy atom. The summed E-state index contributed by atoms with van der Waals surface area (Å²) in [5, 5.41) is 14.6. The van der Waals surface area contributed by atoms with E-state index >= 15 is 0 Å². The molecule has 0 aromatic heterocycles. The Balaban J connectivity index is 2.49. The molecule has 0 saturated heterocycles. The van der Waals surface area contributed by atoms with Crippen LogP contribution in [0.4, 0.5) is 17.1 Å². The van der Waals surface area contributed by atoms with E-state index in [2.05, 4.69) is 5.32 Å². The van der Waals surface area contributed by atoms with E-state index in [4.69, 9.17) is 16.3 Å². The van der Waals surface area contributed by atoms with Crippen LogP contribution >= 0.6 is 11.6 Å². The molecule has 122 valence electrons. The fourth-order valence-corrected chi connectivity index (χ4v) is 2.43. The number of nitro groups is 1. The zero-order valence-electron chi connectivity index (χ0n) is 13.5. The van der Waals surface area contributed by atoms with Gasteiger partial charge in [-0.05, 0) is 47.4 Å². The van der Waals surface area contributed by atoms with Gasteiger partial charge < -0.3 is 10.1 Å². The monoisotopic (exact) mass is 334 g/mol. The van der Waals surface area contributed by atoms with Gasteiger partial charge in [-0.15, -0.1) is 0 Å². The second-order valence-corrected chi connectivity index (χ2v) is 6.62. The molecular formula is C17H19ClN2O3. The number of halogens is 1. The zero-order chi connectivity index (χ0) is 17.2. The number of nitro benzene ring substituents is 1. The first-order valence-corrected chi connectivity index (χ1v) is 7.49. The van der Waals surface area contributed by atoms with E-state index in [1.807, 2.05) is 20.8 Å². The summed E-state index contributed by atoms with van der Waals surface area (Å²) in [7, 11) is 1.58. The van der Waals surface area contributed by atoms with Gasteiger partial charge in [-0.3, -0.25) is 10.1 Å². The fourth-order valence-electron chi connectivity index (χ4n) is 2.14. The maximum absolute atomic E-state index is 11.4.